The van der Waals surface area contributed by atoms with Crippen molar-refractivity contribution in [1.29, 1.82) is 0 Å². The molecular formula is C19H21NO2. The molecule has 3 heteroatoms. The molecule has 1 aromatic heterocycles. The Kier molecular flexibility index (Phi) is 4.05. The quantitative estimate of drug-likeness (QED) is 0.625. The van der Waals surface area contributed by atoms with Crippen LogP contribution in [0.5, 0.6) is 5.75 Å². The van der Waals surface area contributed by atoms with E-state index in [1.807, 2.05) is 36.6 Å². The smallest absolute Gasteiger partial charge is 0.134 e. The van der Waals surface area contributed by atoms with Crippen molar-refractivity contribution in [3.63, 3.8) is 0 Å². The number of hydrogen-bond donors (Lipinski definition) is 2. The molecule has 2 N–H and O–H groups in total. The van der Waals surface area contributed by atoms with Crippen molar-refractivity contribution in [1.82, 2.24) is 0 Å². The summed E-state index contributed by atoms with van der Waals surface area (Å²) in [6, 6.07) is 15.5. The molecule has 2 unspecified atom stereocenters. The highest BCUT2D eigenvalue weighted by Gasteiger charge is 2.22. The summed E-state index contributed by atoms with van der Waals surface area (Å²) in [5, 5.41) is 14.2. The molecule has 0 aliphatic heterocycles. The van der Waals surface area contributed by atoms with E-state index in [1.165, 1.54) is 5.56 Å². The van der Waals surface area contributed by atoms with Gasteiger partial charge in [-0.1, -0.05) is 38.5 Å². The molecule has 0 spiro atoms. The zero-order chi connectivity index (χ0) is 15.5. The van der Waals surface area contributed by atoms with Crippen molar-refractivity contribution >= 4 is 16.7 Å². The Morgan fingerprint density at radius 1 is 1.09 bits per heavy atom. The van der Waals surface area contributed by atoms with Crippen LogP contribution in [0, 0.1) is 5.92 Å². The van der Waals surface area contributed by atoms with E-state index >= 15 is 0 Å². The van der Waals surface area contributed by atoms with Gasteiger partial charge in [0.15, 0.2) is 0 Å². The Morgan fingerprint density at radius 2 is 1.82 bits per heavy atom. The predicted molar refractivity (Wildman–Crippen MR) is 90.1 cm³/mol. The second-order valence-corrected chi connectivity index (χ2v) is 5.74. The fraction of sp³-hybridized carbons (Fsp3) is 0.263. The number of furan rings is 1. The third-order valence-corrected chi connectivity index (χ3v) is 4.25. The van der Waals surface area contributed by atoms with E-state index in [0.29, 0.717) is 5.92 Å². The molecule has 0 fully saturated rings. The second-order valence-electron chi connectivity index (χ2n) is 5.74. The molecule has 114 valence electrons. The maximum Gasteiger partial charge on any atom is 0.134 e. The normalized spacial score (nSPS) is 13.9. The first kappa shape index (κ1) is 14.5. The Bertz CT molecular complexity index is 745. The summed E-state index contributed by atoms with van der Waals surface area (Å²) in [4.78, 5) is 0. The third-order valence-electron chi connectivity index (χ3n) is 4.25. The highest BCUT2D eigenvalue weighted by atomic mass is 16.3. The SMILES string of the molecule is CCC(C)C(Nc1ccc(O)cc1)c1coc2ccccc12. The number of benzene rings is 2. The molecule has 3 aromatic rings. The fourth-order valence-corrected chi connectivity index (χ4v) is 2.74. The number of anilines is 1. The predicted octanol–water partition coefficient (Wildman–Crippen LogP) is 5.34. The summed E-state index contributed by atoms with van der Waals surface area (Å²) in [6.07, 6.45) is 2.92. The van der Waals surface area contributed by atoms with Gasteiger partial charge in [0.1, 0.15) is 11.3 Å². The zero-order valence-electron chi connectivity index (χ0n) is 12.9. The Balaban J connectivity index is 1.97. The molecule has 0 aliphatic carbocycles. The molecule has 0 amide bonds. The standard InChI is InChI=1S/C19H21NO2/c1-3-13(2)19(20-14-8-10-15(21)11-9-14)17-12-22-18-7-5-4-6-16(17)18/h4-13,19-21H,3H2,1-2H3. The molecule has 0 saturated carbocycles. The van der Waals surface area contributed by atoms with Crippen molar-refractivity contribution in [3.8, 4) is 5.75 Å². The minimum absolute atomic E-state index is 0.165. The lowest BCUT2D eigenvalue weighted by atomic mass is 9.92. The molecule has 3 rings (SSSR count). The highest BCUT2D eigenvalue weighted by Crippen LogP contribution is 2.34. The number of fused-ring (bicyclic) bond motifs is 1. The van der Waals surface area contributed by atoms with Crippen LogP contribution in [0.1, 0.15) is 31.9 Å². The number of para-hydroxylation sites is 1. The second kappa shape index (κ2) is 6.14. The van der Waals surface area contributed by atoms with Crippen LogP contribution in [0.25, 0.3) is 11.0 Å². The van der Waals surface area contributed by atoms with Gasteiger partial charge in [-0.15, -0.1) is 0 Å². The van der Waals surface area contributed by atoms with Crippen LogP contribution in [-0.4, -0.2) is 5.11 Å². The number of aromatic hydroxyl groups is 1. The lowest BCUT2D eigenvalue weighted by Crippen LogP contribution is -2.18. The van der Waals surface area contributed by atoms with Crippen LogP contribution in [0.4, 0.5) is 5.69 Å². The molecule has 2 atom stereocenters. The molecule has 1 heterocycles. The van der Waals surface area contributed by atoms with Crippen LogP contribution in [-0.2, 0) is 0 Å². The average molecular weight is 295 g/mol. The Hall–Kier alpha value is -2.42. The van der Waals surface area contributed by atoms with Crippen molar-refractivity contribution in [2.45, 2.75) is 26.3 Å². The van der Waals surface area contributed by atoms with Gasteiger partial charge in [-0.3, -0.25) is 0 Å². The molecule has 0 radical (unpaired) electrons. The summed E-state index contributed by atoms with van der Waals surface area (Å²) in [6.45, 7) is 4.43. The molecular weight excluding hydrogens is 274 g/mol. The summed E-state index contributed by atoms with van der Waals surface area (Å²) in [5.41, 5.74) is 3.09. The van der Waals surface area contributed by atoms with Gasteiger partial charge >= 0.3 is 0 Å². The molecule has 2 aromatic carbocycles. The largest absolute Gasteiger partial charge is 0.508 e. The molecule has 22 heavy (non-hydrogen) atoms. The number of hydrogen-bond acceptors (Lipinski definition) is 3. The summed E-state index contributed by atoms with van der Waals surface area (Å²) in [5.74, 6) is 0.731. The van der Waals surface area contributed by atoms with Gasteiger partial charge in [-0.2, -0.15) is 0 Å². The summed E-state index contributed by atoms with van der Waals surface area (Å²) < 4.78 is 5.70. The molecule has 0 aliphatic rings. The number of nitrogens with one attached hydrogen (secondary N) is 1. The topological polar surface area (TPSA) is 45.4 Å². The van der Waals surface area contributed by atoms with Crippen molar-refractivity contribution in [2.24, 2.45) is 5.92 Å². The summed E-state index contributed by atoms with van der Waals surface area (Å²) in [7, 11) is 0. The van der Waals surface area contributed by atoms with E-state index in [4.69, 9.17) is 4.42 Å². The first-order chi connectivity index (χ1) is 10.7. The van der Waals surface area contributed by atoms with Crippen molar-refractivity contribution < 1.29 is 9.52 Å². The van der Waals surface area contributed by atoms with E-state index in [9.17, 15) is 5.11 Å². The van der Waals surface area contributed by atoms with Gasteiger partial charge in [0.25, 0.3) is 0 Å². The van der Waals surface area contributed by atoms with Crippen LogP contribution in [0.3, 0.4) is 0 Å². The molecule has 0 saturated heterocycles. The van der Waals surface area contributed by atoms with Crippen LogP contribution in [0.2, 0.25) is 0 Å². The number of phenolic OH excluding ortho intramolecular Hbond substituents is 1. The van der Waals surface area contributed by atoms with Gasteiger partial charge in [-0.25, -0.2) is 0 Å². The highest BCUT2D eigenvalue weighted by molar-refractivity contribution is 5.81. The minimum atomic E-state index is 0.165. The third kappa shape index (κ3) is 2.80. The van der Waals surface area contributed by atoms with E-state index < -0.39 is 0 Å². The monoisotopic (exact) mass is 295 g/mol. The van der Waals surface area contributed by atoms with E-state index in [1.54, 1.807) is 12.1 Å². The summed E-state index contributed by atoms with van der Waals surface area (Å²) >= 11 is 0. The van der Waals surface area contributed by atoms with E-state index in [-0.39, 0.29) is 11.8 Å². The Morgan fingerprint density at radius 3 is 2.55 bits per heavy atom. The maximum absolute atomic E-state index is 9.43. The fourth-order valence-electron chi connectivity index (χ4n) is 2.74. The molecule has 0 bridgehead atoms. The van der Waals surface area contributed by atoms with Gasteiger partial charge < -0.3 is 14.8 Å². The first-order valence-corrected chi connectivity index (χ1v) is 7.70. The van der Waals surface area contributed by atoms with Gasteiger partial charge in [0.2, 0.25) is 0 Å². The van der Waals surface area contributed by atoms with Crippen molar-refractivity contribution in [2.75, 3.05) is 5.32 Å². The van der Waals surface area contributed by atoms with E-state index in [0.717, 1.165) is 23.1 Å². The zero-order valence-corrected chi connectivity index (χ0v) is 12.9. The lowest BCUT2D eigenvalue weighted by molar-refractivity contribution is 0.473. The molecule has 3 nitrogen and oxygen atoms in total. The number of phenols is 1. The van der Waals surface area contributed by atoms with Crippen LogP contribution >= 0.6 is 0 Å². The average Bonchev–Trinajstić information content (AvgIpc) is 2.97. The van der Waals surface area contributed by atoms with E-state index in [2.05, 4.69) is 25.2 Å². The van der Waals surface area contributed by atoms with Gasteiger partial charge in [0.05, 0.1) is 12.3 Å². The van der Waals surface area contributed by atoms with Gasteiger partial charge in [-0.05, 0) is 36.2 Å². The van der Waals surface area contributed by atoms with Crippen LogP contribution < -0.4 is 5.32 Å². The van der Waals surface area contributed by atoms with Crippen LogP contribution in [0.15, 0.2) is 59.2 Å². The number of rotatable bonds is 5. The van der Waals surface area contributed by atoms with Gasteiger partial charge in [0, 0.05) is 16.6 Å². The minimum Gasteiger partial charge on any atom is -0.508 e. The first-order valence-electron chi connectivity index (χ1n) is 7.70. The lowest BCUT2D eigenvalue weighted by Gasteiger charge is -2.25. The van der Waals surface area contributed by atoms with Crippen molar-refractivity contribution in [3.05, 3.63) is 60.4 Å². The maximum atomic E-state index is 9.43. The Labute approximate surface area is 130 Å².